The van der Waals surface area contributed by atoms with Gasteiger partial charge in [0.05, 0.1) is 0 Å². The number of rotatable bonds is 2. The van der Waals surface area contributed by atoms with Crippen molar-refractivity contribution in [3.05, 3.63) is 0 Å². The topological polar surface area (TPSA) is 0 Å². The zero-order valence-electron chi connectivity index (χ0n) is 4.67. The fourth-order valence-corrected chi connectivity index (χ4v) is 151. The van der Waals surface area contributed by atoms with Crippen LogP contribution in [-0.4, -0.2) is 47.5 Å². The molecule has 0 saturated carbocycles. The first-order chi connectivity index (χ1) is 3.06. The molecule has 7 heavy (non-hydrogen) atoms. The van der Waals surface area contributed by atoms with Crippen molar-refractivity contribution in [2.24, 2.45) is 0 Å². The Morgan fingerprint density at radius 2 is 2.00 bits per heavy atom. The Morgan fingerprint density at radius 3 is 2.00 bits per heavy atom. The summed E-state index contributed by atoms with van der Waals surface area (Å²) < 4.78 is -1.29. The predicted molar refractivity (Wildman–Crippen MR) is 54.4 cm³/mol. The zero-order valence-corrected chi connectivity index (χ0v) is 16.2. The minimum absolute atomic E-state index is 0.214. The van der Waals surface area contributed by atoms with Crippen LogP contribution in [0.3, 0.4) is 0 Å². The van der Waals surface area contributed by atoms with Crippen LogP contribution in [-0.2, 0) is 0 Å². The van der Waals surface area contributed by atoms with Gasteiger partial charge in [-0.2, -0.15) is 0 Å². The quantitative estimate of drug-likeness (QED) is 0.365. The van der Waals surface area contributed by atoms with Crippen LogP contribution < -0.4 is 0 Å². The SMILES string of the molecule is [SiH3][SiH2][SiH2][Si](Cl)(Cl)[GeH3]. The summed E-state index contributed by atoms with van der Waals surface area (Å²) in [5.74, 6) is 0. The summed E-state index contributed by atoms with van der Waals surface area (Å²) >= 11 is 12.7. The molecule has 0 atom stereocenters. The average Bonchev–Trinajstić information content (AvgIpc) is 1.30. The second-order valence-corrected chi connectivity index (χ2v) is 63.6. The van der Waals surface area contributed by atoms with Crippen molar-refractivity contribution >= 4 is 69.6 Å². The Balaban J connectivity index is 3.15. The second-order valence-electron chi connectivity index (χ2n) is 1.82. The molecule has 44 valence electrons. The van der Waals surface area contributed by atoms with E-state index in [0.717, 1.165) is 15.9 Å². The van der Waals surface area contributed by atoms with Crippen LogP contribution in [0.25, 0.3) is 0 Å². The molecule has 0 radical (unpaired) electrons. The van der Waals surface area contributed by atoms with Gasteiger partial charge < -0.3 is 0 Å². The van der Waals surface area contributed by atoms with Crippen molar-refractivity contribution in [3.8, 4) is 0 Å². The predicted octanol–water partition coefficient (Wildman–Crippen LogP) is -3.20. The monoisotopic (exact) mass is 266 g/mol. The van der Waals surface area contributed by atoms with Crippen molar-refractivity contribution in [3.63, 3.8) is 0 Å². The number of halogens is 2. The Bertz CT molecular complexity index is 48.1. The molecular weight excluding hydrogens is 256 g/mol. The third-order valence-corrected chi connectivity index (χ3v) is 70.6. The first-order valence-corrected chi connectivity index (χ1v) is 25.2. The molecule has 0 aliphatic rings. The molecule has 0 aliphatic heterocycles. The van der Waals surface area contributed by atoms with E-state index in [9.17, 15) is 0 Å². The summed E-state index contributed by atoms with van der Waals surface area (Å²) in [6.45, 7) is 0. The molecule has 0 amide bonds. The van der Waals surface area contributed by atoms with Crippen molar-refractivity contribution < 1.29 is 0 Å². The van der Waals surface area contributed by atoms with Gasteiger partial charge in [0.1, 0.15) is 0 Å². The normalized spacial score (nSPS) is 16.3. The van der Waals surface area contributed by atoms with E-state index < -0.39 is 4.73 Å². The Kier molecular flexibility index (Phi) is 5.02. The number of hydrogen-bond donors (Lipinski definition) is 0. The second kappa shape index (κ2) is 3.91. The Morgan fingerprint density at radius 1 is 1.57 bits per heavy atom. The van der Waals surface area contributed by atoms with Crippen LogP contribution in [0.4, 0.5) is 0 Å². The van der Waals surface area contributed by atoms with Crippen LogP contribution in [0.2, 0.25) is 0 Å². The van der Waals surface area contributed by atoms with E-state index in [1.807, 2.05) is 0 Å². The van der Waals surface area contributed by atoms with E-state index >= 15 is 0 Å². The van der Waals surface area contributed by atoms with Gasteiger partial charge in [-0.1, -0.05) is 0 Å². The Labute approximate surface area is 69.2 Å². The van der Waals surface area contributed by atoms with E-state index in [0.29, 0.717) is 8.55 Å². The van der Waals surface area contributed by atoms with E-state index in [-0.39, 0.29) is 8.55 Å². The third kappa shape index (κ3) is 7.99. The van der Waals surface area contributed by atoms with Gasteiger partial charge in [-0.3, -0.25) is 0 Å². The van der Waals surface area contributed by atoms with E-state index in [2.05, 4.69) is 0 Å². The van der Waals surface area contributed by atoms with Gasteiger partial charge in [0.25, 0.3) is 0 Å². The summed E-state index contributed by atoms with van der Waals surface area (Å²) in [5.41, 5.74) is 0. The molecule has 0 aromatic carbocycles. The van der Waals surface area contributed by atoms with Gasteiger partial charge >= 0.3 is 69.6 Å². The molecule has 7 heteroatoms. The molecule has 0 unspecified atom stereocenters. The summed E-state index contributed by atoms with van der Waals surface area (Å²) in [6, 6.07) is 0. The van der Waals surface area contributed by atoms with Crippen LogP contribution in [0.15, 0.2) is 0 Å². The summed E-state index contributed by atoms with van der Waals surface area (Å²) in [5, 5.41) is 0. The van der Waals surface area contributed by atoms with Crippen molar-refractivity contribution in [1.29, 1.82) is 0 Å². The van der Waals surface area contributed by atoms with Crippen molar-refractivity contribution in [2.75, 3.05) is 0 Å². The van der Waals surface area contributed by atoms with Gasteiger partial charge in [0, 0.05) is 0 Å². The fraction of sp³-hybridized carbons (Fsp3) is 0. The first kappa shape index (κ1) is 8.99. The van der Waals surface area contributed by atoms with E-state index in [4.69, 9.17) is 22.2 Å². The van der Waals surface area contributed by atoms with E-state index in [1.54, 1.807) is 0 Å². The van der Waals surface area contributed by atoms with Gasteiger partial charge in [-0.05, 0) is 0 Å². The molecule has 0 aliphatic carbocycles. The van der Waals surface area contributed by atoms with Gasteiger partial charge in [-0.15, -0.1) is 0 Å². The van der Waals surface area contributed by atoms with E-state index in [1.165, 1.54) is 9.76 Å². The van der Waals surface area contributed by atoms with Crippen LogP contribution in [0.5, 0.6) is 0 Å². The van der Waals surface area contributed by atoms with Gasteiger partial charge in [0.15, 0.2) is 0 Å². The molecule has 0 rings (SSSR count). The molecule has 0 fully saturated rings. The standard InChI is InChI=1S/Cl2GeH10Si4/c1-7(2,3)6-5-4/h5-6H2,3-4H3. The Hall–Kier alpha value is 1.99. The van der Waals surface area contributed by atoms with Crippen LogP contribution in [0, 0.1) is 0 Å². The molecule has 0 heterocycles. The maximum atomic E-state index is 5.94. The van der Waals surface area contributed by atoms with Crippen LogP contribution >= 0.6 is 22.2 Å². The molecule has 0 aromatic heterocycles. The maximum absolute atomic E-state index is 5.94. The third-order valence-electron chi connectivity index (χ3n) is 0.689. The molecule has 0 saturated heterocycles. The number of hydrogen-bond acceptors (Lipinski definition) is 0. The zero-order chi connectivity index (χ0) is 5.91. The van der Waals surface area contributed by atoms with Crippen LogP contribution in [0.1, 0.15) is 0 Å². The fourth-order valence-electron chi connectivity index (χ4n) is 0.439. The van der Waals surface area contributed by atoms with Crippen molar-refractivity contribution in [1.82, 2.24) is 0 Å². The summed E-state index contributed by atoms with van der Waals surface area (Å²) in [4.78, 5) is 0. The molecule has 0 bridgehead atoms. The van der Waals surface area contributed by atoms with Crippen molar-refractivity contribution in [2.45, 2.75) is 0 Å². The molecule has 0 spiro atoms. The van der Waals surface area contributed by atoms with Gasteiger partial charge in [-0.25, -0.2) is 0 Å². The van der Waals surface area contributed by atoms with Gasteiger partial charge in [0.2, 0.25) is 0 Å². The molecule has 0 aromatic rings. The summed E-state index contributed by atoms with van der Waals surface area (Å²) in [7, 11) is 2.11. The average molecular weight is 266 g/mol. The summed E-state index contributed by atoms with van der Waals surface area (Å²) in [6.07, 6.45) is 0. The molecule has 0 nitrogen and oxygen atoms in total. The first-order valence-electron chi connectivity index (χ1n) is 2.44. The minimum atomic E-state index is -1.29. The molecule has 0 N–H and O–H groups in total. The molecular formula is H10Cl2GeSi4.